The van der Waals surface area contributed by atoms with Gasteiger partial charge in [0.25, 0.3) is 0 Å². The molecule has 2 rings (SSSR count). The van der Waals surface area contributed by atoms with Crippen LogP contribution in [0.4, 0.5) is 10.1 Å². The summed E-state index contributed by atoms with van der Waals surface area (Å²) in [7, 11) is 0. The molecule has 0 aliphatic carbocycles. The average molecular weight is 302 g/mol. The summed E-state index contributed by atoms with van der Waals surface area (Å²) in [5.74, 6) is -0.381. The molecule has 3 nitrogen and oxygen atoms in total. The van der Waals surface area contributed by atoms with Gasteiger partial charge in [-0.1, -0.05) is 0 Å². The lowest BCUT2D eigenvalue weighted by molar-refractivity contribution is -0.117. The SMILES string of the molecule is Cc1cc(F)c(Br)cc1N1CC(CO)CC1=O. The maximum atomic E-state index is 13.3. The Hall–Kier alpha value is -0.940. The number of hydrogen-bond donors (Lipinski definition) is 1. The number of anilines is 1. The van der Waals surface area contributed by atoms with Crippen LogP contribution in [0.3, 0.4) is 0 Å². The third-order valence-corrected chi connectivity index (χ3v) is 3.60. The highest BCUT2D eigenvalue weighted by atomic mass is 79.9. The van der Waals surface area contributed by atoms with Gasteiger partial charge >= 0.3 is 0 Å². The van der Waals surface area contributed by atoms with Crippen LogP contribution in [0.1, 0.15) is 12.0 Å². The lowest BCUT2D eigenvalue weighted by atomic mass is 10.1. The number of nitrogens with zero attached hydrogens (tertiary/aromatic N) is 1. The molecule has 1 saturated heterocycles. The Morgan fingerprint density at radius 3 is 2.88 bits per heavy atom. The van der Waals surface area contributed by atoms with Gasteiger partial charge in [0.05, 0.1) is 4.47 Å². The minimum absolute atomic E-state index is 0.00362. The summed E-state index contributed by atoms with van der Waals surface area (Å²) in [5.41, 5.74) is 1.43. The van der Waals surface area contributed by atoms with Gasteiger partial charge in [0, 0.05) is 31.2 Å². The van der Waals surface area contributed by atoms with Crippen LogP contribution in [0.5, 0.6) is 0 Å². The van der Waals surface area contributed by atoms with Gasteiger partial charge in [-0.2, -0.15) is 0 Å². The quantitative estimate of drug-likeness (QED) is 0.910. The summed E-state index contributed by atoms with van der Waals surface area (Å²) >= 11 is 3.12. The van der Waals surface area contributed by atoms with Crippen LogP contribution < -0.4 is 4.90 Å². The van der Waals surface area contributed by atoms with E-state index in [4.69, 9.17) is 5.11 Å². The van der Waals surface area contributed by atoms with Crippen molar-refractivity contribution in [2.45, 2.75) is 13.3 Å². The van der Waals surface area contributed by atoms with Crippen LogP contribution in [-0.4, -0.2) is 24.2 Å². The lowest BCUT2D eigenvalue weighted by Crippen LogP contribution is -2.25. The van der Waals surface area contributed by atoms with Gasteiger partial charge in [-0.15, -0.1) is 0 Å². The van der Waals surface area contributed by atoms with E-state index in [2.05, 4.69) is 15.9 Å². The van der Waals surface area contributed by atoms with E-state index in [0.717, 1.165) is 5.56 Å². The van der Waals surface area contributed by atoms with Gasteiger partial charge in [0.1, 0.15) is 5.82 Å². The number of rotatable bonds is 2. The monoisotopic (exact) mass is 301 g/mol. The Morgan fingerprint density at radius 2 is 2.29 bits per heavy atom. The predicted octanol–water partition coefficient (Wildman–Crippen LogP) is 2.24. The van der Waals surface area contributed by atoms with E-state index in [1.165, 1.54) is 6.07 Å². The molecule has 0 saturated carbocycles. The third-order valence-electron chi connectivity index (χ3n) is 2.99. The number of amides is 1. The molecule has 1 heterocycles. The minimum Gasteiger partial charge on any atom is -0.396 e. The first kappa shape index (κ1) is 12.5. The third kappa shape index (κ3) is 2.35. The van der Waals surface area contributed by atoms with E-state index in [0.29, 0.717) is 23.1 Å². The van der Waals surface area contributed by atoms with Crippen LogP contribution >= 0.6 is 15.9 Å². The fourth-order valence-corrected chi connectivity index (χ4v) is 2.39. The van der Waals surface area contributed by atoms with Crippen molar-refractivity contribution in [1.82, 2.24) is 0 Å². The molecule has 0 aromatic heterocycles. The van der Waals surface area contributed by atoms with Crippen molar-refractivity contribution in [2.24, 2.45) is 5.92 Å². The van der Waals surface area contributed by atoms with Crippen LogP contribution in [0.25, 0.3) is 0 Å². The Morgan fingerprint density at radius 1 is 1.59 bits per heavy atom. The van der Waals surface area contributed by atoms with E-state index < -0.39 is 0 Å². The Balaban J connectivity index is 2.35. The zero-order valence-corrected chi connectivity index (χ0v) is 11.0. The number of carbonyl (C=O) groups excluding carboxylic acids is 1. The molecule has 17 heavy (non-hydrogen) atoms. The number of aliphatic hydroxyl groups excluding tert-OH is 1. The van der Waals surface area contributed by atoms with E-state index in [9.17, 15) is 9.18 Å². The second-order valence-corrected chi connectivity index (χ2v) is 5.16. The van der Waals surface area contributed by atoms with Gasteiger partial charge in [0.15, 0.2) is 0 Å². The molecular weight excluding hydrogens is 289 g/mol. The van der Waals surface area contributed by atoms with Crippen molar-refractivity contribution >= 4 is 27.5 Å². The zero-order valence-electron chi connectivity index (χ0n) is 9.41. The first-order chi connectivity index (χ1) is 8.02. The molecule has 0 spiro atoms. The second-order valence-electron chi connectivity index (χ2n) is 4.31. The molecule has 1 amide bonds. The van der Waals surface area contributed by atoms with E-state index in [1.54, 1.807) is 17.9 Å². The van der Waals surface area contributed by atoms with Crippen molar-refractivity contribution in [1.29, 1.82) is 0 Å². The van der Waals surface area contributed by atoms with Crippen LogP contribution in [0, 0.1) is 18.7 Å². The second kappa shape index (κ2) is 4.74. The molecule has 1 atom stereocenters. The molecule has 1 aliphatic heterocycles. The molecule has 5 heteroatoms. The number of halogens is 2. The van der Waals surface area contributed by atoms with Crippen molar-refractivity contribution < 1.29 is 14.3 Å². The Labute approximate surface area is 107 Å². The van der Waals surface area contributed by atoms with Gasteiger partial charge in [-0.25, -0.2) is 4.39 Å². The topological polar surface area (TPSA) is 40.5 Å². The summed E-state index contributed by atoms with van der Waals surface area (Å²) in [6.45, 7) is 2.27. The number of aliphatic hydroxyl groups is 1. The molecule has 1 aliphatic rings. The standard InChI is InChI=1S/C12H13BrFNO2/c1-7-2-10(14)9(13)4-11(7)15-5-8(6-16)3-12(15)17/h2,4,8,16H,3,5-6H2,1H3. The molecular formula is C12H13BrFNO2. The normalized spacial score (nSPS) is 20.1. The van der Waals surface area contributed by atoms with E-state index in [-0.39, 0.29) is 24.2 Å². The van der Waals surface area contributed by atoms with Crippen molar-refractivity contribution in [3.05, 3.63) is 28.0 Å². The minimum atomic E-state index is -0.336. The maximum absolute atomic E-state index is 13.3. The van der Waals surface area contributed by atoms with E-state index >= 15 is 0 Å². The van der Waals surface area contributed by atoms with E-state index in [1.807, 2.05) is 0 Å². The fraction of sp³-hybridized carbons (Fsp3) is 0.417. The highest BCUT2D eigenvalue weighted by molar-refractivity contribution is 9.10. The lowest BCUT2D eigenvalue weighted by Gasteiger charge is -2.19. The van der Waals surface area contributed by atoms with Gasteiger partial charge in [0.2, 0.25) is 5.91 Å². The molecule has 1 unspecified atom stereocenters. The van der Waals surface area contributed by atoms with Gasteiger partial charge < -0.3 is 10.0 Å². The summed E-state index contributed by atoms with van der Waals surface area (Å²) in [6.07, 6.45) is 0.352. The van der Waals surface area contributed by atoms with Crippen LogP contribution in [0.2, 0.25) is 0 Å². The highest BCUT2D eigenvalue weighted by Gasteiger charge is 2.31. The Kier molecular flexibility index (Phi) is 3.49. The molecule has 1 aromatic rings. The summed E-state index contributed by atoms with van der Waals surface area (Å²) < 4.78 is 13.6. The number of benzene rings is 1. The van der Waals surface area contributed by atoms with Crippen LogP contribution in [0.15, 0.2) is 16.6 Å². The zero-order chi connectivity index (χ0) is 12.6. The van der Waals surface area contributed by atoms with Crippen molar-refractivity contribution in [3.8, 4) is 0 Å². The van der Waals surface area contributed by atoms with Crippen molar-refractivity contribution in [3.63, 3.8) is 0 Å². The molecule has 1 aromatic carbocycles. The molecule has 92 valence electrons. The summed E-state index contributed by atoms with van der Waals surface area (Å²) in [5, 5.41) is 9.07. The number of carbonyl (C=O) groups is 1. The van der Waals surface area contributed by atoms with Crippen molar-refractivity contribution in [2.75, 3.05) is 18.1 Å². The molecule has 1 fully saturated rings. The Bertz CT molecular complexity index is 464. The summed E-state index contributed by atoms with van der Waals surface area (Å²) in [4.78, 5) is 13.4. The molecule has 0 bridgehead atoms. The fourth-order valence-electron chi connectivity index (χ4n) is 2.06. The van der Waals surface area contributed by atoms with Crippen LogP contribution in [-0.2, 0) is 4.79 Å². The number of aryl methyl sites for hydroxylation is 1. The predicted molar refractivity (Wildman–Crippen MR) is 66.4 cm³/mol. The smallest absolute Gasteiger partial charge is 0.227 e. The highest BCUT2D eigenvalue weighted by Crippen LogP contribution is 2.31. The van der Waals surface area contributed by atoms with Gasteiger partial charge in [-0.05, 0) is 40.5 Å². The molecule has 1 N–H and O–H groups in total. The largest absolute Gasteiger partial charge is 0.396 e. The first-order valence-corrected chi connectivity index (χ1v) is 6.19. The van der Waals surface area contributed by atoms with Gasteiger partial charge in [-0.3, -0.25) is 4.79 Å². The maximum Gasteiger partial charge on any atom is 0.227 e. The first-order valence-electron chi connectivity index (χ1n) is 5.39. The molecule has 0 radical (unpaired) electrons. The number of hydrogen-bond acceptors (Lipinski definition) is 2. The summed E-state index contributed by atoms with van der Waals surface area (Å²) in [6, 6.07) is 3.02. The average Bonchev–Trinajstić information content (AvgIpc) is 2.65.